The maximum atomic E-state index is 12.9. The molecular weight excluding hydrogens is 548 g/mol. The predicted molar refractivity (Wildman–Crippen MR) is 156 cm³/mol. The Morgan fingerprint density at radius 3 is 1.05 bits per heavy atom. The average molecular weight is 573 g/mol. The topological polar surface area (TPSA) is 168 Å². The van der Waals surface area contributed by atoms with E-state index < -0.39 is 23.6 Å². The van der Waals surface area contributed by atoms with Crippen LogP contribution >= 0.6 is 21.6 Å². The third-order valence-corrected chi connectivity index (χ3v) is 7.96. The third-order valence-electron chi connectivity index (χ3n) is 5.47. The summed E-state index contributed by atoms with van der Waals surface area (Å²) in [6.45, 7) is 0. The molecule has 0 saturated heterocycles. The van der Waals surface area contributed by atoms with Gasteiger partial charge in [-0.3, -0.25) is 40.9 Å². The molecule has 12 heteroatoms. The Labute approximate surface area is 237 Å². The molecule has 10 nitrogen and oxygen atoms in total. The van der Waals surface area contributed by atoms with Crippen LogP contribution in [-0.2, 0) is 0 Å². The van der Waals surface area contributed by atoms with Crippen LogP contribution in [0.1, 0.15) is 41.4 Å². The van der Waals surface area contributed by atoms with E-state index in [1.807, 2.05) is 0 Å². The van der Waals surface area contributed by atoms with Crippen LogP contribution in [0.2, 0.25) is 0 Å². The zero-order valence-electron chi connectivity index (χ0n) is 20.8. The molecule has 4 aromatic carbocycles. The first-order chi connectivity index (χ1) is 19.3. The van der Waals surface area contributed by atoms with Crippen LogP contribution in [0.5, 0.6) is 0 Å². The van der Waals surface area contributed by atoms with E-state index in [4.69, 9.17) is 11.5 Å². The van der Waals surface area contributed by atoms with Crippen molar-refractivity contribution in [2.75, 3.05) is 11.5 Å². The average Bonchev–Trinajstić information content (AvgIpc) is 2.98. The molecule has 0 fully saturated rings. The molecule has 0 aliphatic rings. The Kier molecular flexibility index (Phi) is 9.28. The van der Waals surface area contributed by atoms with E-state index in [2.05, 4.69) is 21.7 Å². The zero-order chi connectivity index (χ0) is 28.5. The van der Waals surface area contributed by atoms with Gasteiger partial charge in [0.15, 0.2) is 0 Å². The summed E-state index contributed by atoms with van der Waals surface area (Å²) in [5.74, 6) is -2.15. The smallest absolute Gasteiger partial charge is 0.271 e. The Hall–Kier alpha value is -4.94. The highest BCUT2D eigenvalue weighted by Gasteiger charge is 2.17. The minimum absolute atomic E-state index is 0.235. The molecule has 0 bridgehead atoms. The highest BCUT2D eigenvalue weighted by atomic mass is 33.1. The van der Waals surface area contributed by atoms with Gasteiger partial charge in [0.1, 0.15) is 0 Å². The zero-order valence-corrected chi connectivity index (χ0v) is 22.5. The number of hydrogen-bond acceptors (Lipinski definition) is 8. The molecule has 0 radical (unpaired) electrons. The molecule has 4 aromatic rings. The molecule has 0 heterocycles. The molecule has 0 aliphatic heterocycles. The lowest BCUT2D eigenvalue weighted by atomic mass is 10.2. The van der Waals surface area contributed by atoms with E-state index in [1.165, 1.54) is 21.6 Å². The van der Waals surface area contributed by atoms with Crippen molar-refractivity contribution in [2.45, 2.75) is 9.79 Å². The summed E-state index contributed by atoms with van der Waals surface area (Å²) in [5, 5.41) is 0. The second-order valence-corrected chi connectivity index (χ2v) is 10.4. The predicted octanol–water partition coefficient (Wildman–Crippen LogP) is 3.80. The first-order valence-electron chi connectivity index (χ1n) is 11.8. The van der Waals surface area contributed by atoms with Crippen LogP contribution in [0.4, 0.5) is 11.4 Å². The first kappa shape index (κ1) is 28.1. The Morgan fingerprint density at radius 2 is 0.700 bits per heavy atom. The van der Waals surface area contributed by atoms with Crippen molar-refractivity contribution in [3.05, 3.63) is 119 Å². The van der Waals surface area contributed by atoms with Crippen molar-refractivity contribution in [3.63, 3.8) is 0 Å². The molecule has 0 unspecified atom stereocenters. The molecule has 4 rings (SSSR count). The van der Waals surface area contributed by atoms with E-state index in [9.17, 15) is 19.2 Å². The number of benzene rings is 4. The molecule has 40 heavy (non-hydrogen) atoms. The molecule has 0 saturated carbocycles. The summed E-state index contributed by atoms with van der Waals surface area (Å²) in [4.78, 5) is 51.7. The fourth-order valence-corrected chi connectivity index (χ4v) is 5.81. The Bertz CT molecular complexity index is 1460. The second kappa shape index (κ2) is 13.2. The van der Waals surface area contributed by atoms with Crippen LogP contribution < -0.4 is 33.2 Å². The number of nitrogens with two attached hydrogens (primary N) is 2. The van der Waals surface area contributed by atoms with Gasteiger partial charge in [0.2, 0.25) is 0 Å². The molecule has 4 amide bonds. The lowest BCUT2D eigenvalue weighted by molar-refractivity contribution is 0.0845. The van der Waals surface area contributed by atoms with Crippen molar-refractivity contribution in [3.8, 4) is 0 Å². The van der Waals surface area contributed by atoms with Gasteiger partial charge in [-0.05, 0) is 48.5 Å². The molecule has 202 valence electrons. The van der Waals surface area contributed by atoms with E-state index >= 15 is 0 Å². The first-order valence-corrected chi connectivity index (χ1v) is 13.9. The minimum atomic E-state index is -0.548. The van der Waals surface area contributed by atoms with Crippen LogP contribution in [0.25, 0.3) is 0 Å². The van der Waals surface area contributed by atoms with Crippen molar-refractivity contribution in [1.29, 1.82) is 0 Å². The summed E-state index contributed by atoms with van der Waals surface area (Å²) >= 11 is 0. The maximum absolute atomic E-state index is 12.9. The van der Waals surface area contributed by atoms with Crippen LogP contribution in [0.3, 0.4) is 0 Å². The van der Waals surface area contributed by atoms with E-state index in [1.54, 1.807) is 97.1 Å². The lowest BCUT2D eigenvalue weighted by Crippen LogP contribution is -2.42. The number of para-hydroxylation sites is 2. The number of anilines is 2. The van der Waals surface area contributed by atoms with Gasteiger partial charge < -0.3 is 11.5 Å². The summed E-state index contributed by atoms with van der Waals surface area (Å²) in [7, 11) is 2.51. The van der Waals surface area contributed by atoms with Crippen LogP contribution in [0, 0.1) is 0 Å². The highest BCUT2D eigenvalue weighted by molar-refractivity contribution is 8.76. The molecule has 0 atom stereocenters. The van der Waals surface area contributed by atoms with Gasteiger partial charge >= 0.3 is 0 Å². The number of hydrazine groups is 2. The fourth-order valence-electron chi connectivity index (χ4n) is 3.45. The van der Waals surface area contributed by atoms with E-state index in [-0.39, 0.29) is 22.5 Å². The minimum Gasteiger partial charge on any atom is -0.398 e. The standard InChI is InChI=1S/C28H24N6O4S2/c29-21-13-5-1-9-17(21)25(35)31-33-27(37)19-11-3-7-15-23(19)39-40-24-16-8-4-12-20(24)28(38)34-32-26(36)18-10-2-6-14-22(18)30/h1-16H,29-30H2,(H,31,35)(H,32,36)(H,33,37)(H,34,38). The van der Waals surface area contributed by atoms with Crippen LogP contribution in [-0.4, -0.2) is 23.6 Å². The Morgan fingerprint density at radius 1 is 0.425 bits per heavy atom. The maximum Gasteiger partial charge on any atom is 0.271 e. The number of carbonyl (C=O) groups excluding carboxylic acids is 4. The van der Waals surface area contributed by atoms with Crippen molar-refractivity contribution in [1.82, 2.24) is 21.7 Å². The fraction of sp³-hybridized carbons (Fsp3) is 0. The molecule has 0 aromatic heterocycles. The van der Waals surface area contributed by atoms with Gasteiger partial charge in [-0.25, -0.2) is 0 Å². The van der Waals surface area contributed by atoms with Gasteiger partial charge in [-0.15, -0.1) is 0 Å². The van der Waals surface area contributed by atoms with Gasteiger partial charge in [0.25, 0.3) is 23.6 Å². The molecular formula is C28H24N6O4S2. The largest absolute Gasteiger partial charge is 0.398 e. The van der Waals surface area contributed by atoms with Crippen LogP contribution in [0.15, 0.2) is 107 Å². The third kappa shape index (κ3) is 6.92. The molecule has 0 aliphatic carbocycles. The molecule has 8 N–H and O–H groups in total. The Balaban J connectivity index is 1.39. The summed E-state index contributed by atoms with van der Waals surface area (Å²) in [5.41, 5.74) is 22.9. The van der Waals surface area contributed by atoms with Gasteiger partial charge in [0.05, 0.1) is 22.3 Å². The summed E-state index contributed by atoms with van der Waals surface area (Å²) in [6, 6.07) is 26.7. The second-order valence-electron chi connectivity index (χ2n) is 8.15. The number of rotatable bonds is 7. The lowest BCUT2D eigenvalue weighted by Gasteiger charge is -2.13. The summed E-state index contributed by atoms with van der Waals surface area (Å²) < 4.78 is 0. The van der Waals surface area contributed by atoms with Crippen molar-refractivity contribution < 1.29 is 19.2 Å². The number of amides is 4. The number of nitrogens with one attached hydrogen (secondary N) is 4. The summed E-state index contributed by atoms with van der Waals surface area (Å²) in [6.07, 6.45) is 0. The van der Waals surface area contributed by atoms with Crippen molar-refractivity contribution in [2.24, 2.45) is 0 Å². The SMILES string of the molecule is Nc1ccccc1C(=O)NNC(=O)c1ccccc1SSc1ccccc1C(=O)NNC(=O)c1ccccc1N. The van der Waals surface area contributed by atoms with E-state index in [0.717, 1.165) is 0 Å². The van der Waals surface area contributed by atoms with Gasteiger partial charge in [0, 0.05) is 21.2 Å². The highest BCUT2D eigenvalue weighted by Crippen LogP contribution is 2.40. The molecule has 0 spiro atoms. The van der Waals surface area contributed by atoms with Gasteiger partial charge in [-0.2, -0.15) is 0 Å². The van der Waals surface area contributed by atoms with Crippen molar-refractivity contribution >= 4 is 56.6 Å². The number of hydrogen-bond donors (Lipinski definition) is 6. The normalized spacial score (nSPS) is 10.3. The van der Waals surface area contributed by atoms with Gasteiger partial charge in [-0.1, -0.05) is 70.1 Å². The van der Waals surface area contributed by atoms with E-state index in [0.29, 0.717) is 20.9 Å². The number of carbonyl (C=O) groups is 4. The quantitative estimate of drug-likeness (QED) is 0.110. The number of nitrogen functional groups attached to an aromatic ring is 2. The monoisotopic (exact) mass is 572 g/mol.